The first-order valence-corrected chi connectivity index (χ1v) is 9.58. The van der Waals surface area contributed by atoms with Crippen molar-refractivity contribution in [3.05, 3.63) is 71.3 Å². The molecule has 144 valence electrons. The molecule has 4 nitrogen and oxygen atoms in total. The Bertz CT molecular complexity index is 891. The first-order valence-electron chi connectivity index (χ1n) is 9.58. The van der Waals surface area contributed by atoms with Gasteiger partial charge in [0.25, 0.3) is 0 Å². The van der Waals surface area contributed by atoms with Crippen molar-refractivity contribution in [1.82, 2.24) is 0 Å². The average molecular weight is 375 g/mol. The van der Waals surface area contributed by atoms with Crippen LogP contribution in [-0.2, 0) is 4.79 Å². The molecule has 1 saturated carbocycles. The average Bonchev–Trinajstić information content (AvgIpc) is 3.50. The molecular formula is C24H25NO3. The number of aliphatic hydroxyl groups excluding tert-OH is 1. The lowest BCUT2D eigenvalue weighted by Crippen LogP contribution is -2.36. The molecule has 1 fully saturated rings. The van der Waals surface area contributed by atoms with Gasteiger partial charge in [-0.15, -0.1) is 0 Å². The molecule has 2 aromatic rings. The highest BCUT2D eigenvalue weighted by Gasteiger charge is 2.36. The quantitative estimate of drug-likeness (QED) is 0.576. The van der Waals surface area contributed by atoms with Gasteiger partial charge in [0.1, 0.15) is 6.61 Å². The maximum atomic E-state index is 12.4. The molecule has 2 unspecified atom stereocenters. The highest BCUT2D eigenvalue weighted by Crippen LogP contribution is 2.46. The Morgan fingerprint density at radius 3 is 2.43 bits per heavy atom. The molecule has 28 heavy (non-hydrogen) atoms. The summed E-state index contributed by atoms with van der Waals surface area (Å²) in [6, 6.07) is 17.1. The minimum absolute atomic E-state index is 0.00289. The molecule has 0 aromatic heterocycles. The molecule has 3 N–H and O–H groups in total. The molecule has 0 bridgehead atoms. The molecule has 0 heterocycles. The van der Waals surface area contributed by atoms with Gasteiger partial charge in [-0.1, -0.05) is 54.3 Å². The number of nitrogens with two attached hydrogens (primary N) is 1. The van der Waals surface area contributed by atoms with Crippen LogP contribution in [0.15, 0.2) is 54.6 Å². The van der Waals surface area contributed by atoms with Crippen molar-refractivity contribution >= 4 is 11.6 Å². The van der Waals surface area contributed by atoms with Crippen molar-refractivity contribution in [3.8, 4) is 11.8 Å². The number of hydrogen-bond donors (Lipinski definition) is 2. The number of aliphatic hydroxyl groups is 1. The van der Waals surface area contributed by atoms with Crippen molar-refractivity contribution in [2.24, 2.45) is 17.6 Å². The molecule has 4 heteroatoms. The minimum atomic E-state index is -0.665. The maximum absolute atomic E-state index is 12.4. The molecule has 0 amide bonds. The molecule has 1 aliphatic carbocycles. The van der Waals surface area contributed by atoms with Gasteiger partial charge in [-0.05, 0) is 37.0 Å². The summed E-state index contributed by atoms with van der Waals surface area (Å²) in [4.78, 5) is 24.2. The Morgan fingerprint density at radius 2 is 1.82 bits per heavy atom. The highest BCUT2D eigenvalue weighted by molar-refractivity contribution is 5.99. The van der Waals surface area contributed by atoms with E-state index in [-0.39, 0.29) is 12.2 Å². The summed E-state index contributed by atoms with van der Waals surface area (Å²) in [5.74, 6) is 6.19. The number of benzene rings is 2. The van der Waals surface area contributed by atoms with Gasteiger partial charge in [0.2, 0.25) is 0 Å². The Morgan fingerprint density at radius 1 is 1.14 bits per heavy atom. The number of hydrogen-bond acceptors (Lipinski definition) is 4. The van der Waals surface area contributed by atoms with Gasteiger partial charge in [-0.2, -0.15) is 0 Å². The maximum Gasteiger partial charge on any atom is 0.163 e. The zero-order valence-electron chi connectivity index (χ0n) is 16.0. The zero-order chi connectivity index (χ0) is 20.1. The molecular weight excluding hydrogens is 350 g/mol. The molecule has 2 aromatic carbocycles. The van der Waals surface area contributed by atoms with Gasteiger partial charge >= 0.3 is 0 Å². The lowest BCUT2D eigenvalue weighted by Gasteiger charge is -2.17. The summed E-state index contributed by atoms with van der Waals surface area (Å²) in [6.07, 6.45) is 1.09. The molecule has 0 saturated heterocycles. The third-order valence-electron chi connectivity index (χ3n) is 5.24. The van der Waals surface area contributed by atoms with Crippen LogP contribution in [0.1, 0.15) is 47.2 Å². The van der Waals surface area contributed by atoms with E-state index in [1.165, 1.54) is 5.56 Å². The first kappa shape index (κ1) is 20.0. The second kappa shape index (κ2) is 8.97. The van der Waals surface area contributed by atoms with Crippen LogP contribution >= 0.6 is 0 Å². The fourth-order valence-electron chi connectivity index (χ4n) is 3.37. The summed E-state index contributed by atoms with van der Waals surface area (Å²) in [6.45, 7) is 1.07. The van der Waals surface area contributed by atoms with Gasteiger partial charge in [0.05, 0.1) is 0 Å². The van der Waals surface area contributed by atoms with E-state index < -0.39 is 24.3 Å². The Hall–Kier alpha value is -2.74. The number of carbonyl (C=O) groups excluding carboxylic acids is 2. The van der Waals surface area contributed by atoms with Crippen LogP contribution in [0.3, 0.4) is 0 Å². The van der Waals surface area contributed by atoms with E-state index in [4.69, 9.17) is 10.8 Å². The van der Waals surface area contributed by atoms with Crippen LogP contribution in [-0.4, -0.2) is 29.3 Å². The third-order valence-corrected chi connectivity index (χ3v) is 5.24. The lowest BCUT2D eigenvalue weighted by atomic mass is 9.89. The number of Topliss-reactive ketones (excluding diaryl/α,β-unsaturated/α-hetero) is 2. The predicted octanol–water partition coefficient (Wildman–Crippen LogP) is 2.94. The van der Waals surface area contributed by atoms with Crippen molar-refractivity contribution in [3.63, 3.8) is 0 Å². The van der Waals surface area contributed by atoms with Crippen LogP contribution in [0, 0.1) is 23.7 Å². The SMILES string of the molecule is C[C@@H](N)[C@H](CC(=O)c1ccc(C#CC2CC2c2ccccc2)cc1)C(=O)CO. The summed E-state index contributed by atoms with van der Waals surface area (Å²) in [5.41, 5.74) is 8.51. The van der Waals surface area contributed by atoms with Gasteiger partial charge in [0, 0.05) is 35.4 Å². The van der Waals surface area contributed by atoms with E-state index in [0.29, 0.717) is 17.4 Å². The molecule has 4 atom stereocenters. The van der Waals surface area contributed by atoms with Crippen LogP contribution in [0.25, 0.3) is 0 Å². The summed E-state index contributed by atoms with van der Waals surface area (Å²) in [5, 5.41) is 9.04. The molecule has 0 spiro atoms. The second-order valence-corrected chi connectivity index (χ2v) is 7.42. The summed E-state index contributed by atoms with van der Waals surface area (Å²) in [7, 11) is 0. The van der Waals surface area contributed by atoms with E-state index in [2.05, 4.69) is 36.1 Å². The predicted molar refractivity (Wildman–Crippen MR) is 109 cm³/mol. The normalized spacial score (nSPS) is 19.8. The largest absolute Gasteiger partial charge is 0.389 e. The minimum Gasteiger partial charge on any atom is -0.389 e. The highest BCUT2D eigenvalue weighted by atomic mass is 16.3. The Labute approximate surface area is 165 Å². The molecule has 0 aliphatic heterocycles. The Kier molecular flexibility index (Phi) is 6.41. The standard InChI is InChI=1S/C24H25NO3/c1-16(25)21(24(28)15-26)14-23(27)19-10-7-17(8-11-19)9-12-20-13-22(20)18-5-3-2-4-6-18/h2-8,10-11,16,20-22,26H,13-15,25H2,1H3/t16-,20?,21+,22?/m1/s1. The van der Waals surface area contributed by atoms with Gasteiger partial charge in [-0.3, -0.25) is 9.59 Å². The monoisotopic (exact) mass is 375 g/mol. The van der Waals surface area contributed by atoms with E-state index in [1.54, 1.807) is 19.1 Å². The molecule has 0 radical (unpaired) electrons. The van der Waals surface area contributed by atoms with Crippen LogP contribution in [0.4, 0.5) is 0 Å². The summed E-state index contributed by atoms with van der Waals surface area (Å²) >= 11 is 0. The number of carbonyl (C=O) groups is 2. The van der Waals surface area contributed by atoms with Crippen molar-refractivity contribution in [2.45, 2.75) is 31.7 Å². The molecule has 1 aliphatic rings. The number of rotatable bonds is 7. The van der Waals surface area contributed by atoms with E-state index >= 15 is 0 Å². The van der Waals surface area contributed by atoms with Gasteiger partial charge in [-0.25, -0.2) is 0 Å². The smallest absolute Gasteiger partial charge is 0.163 e. The second-order valence-electron chi connectivity index (χ2n) is 7.42. The fourth-order valence-corrected chi connectivity index (χ4v) is 3.37. The topological polar surface area (TPSA) is 80.4 Å². The van der Waals surface area contributed by atoms with Crippen LogP contribution in [0.2, 0.25) is 0 Å². The van der Waals surface area contributed by atoms with E-state index in [9.17, 15) is 9.59 Å². The summed E-state index contributed by atoms with van der Waals surface area (Å²) < 4.78 is 0. The number of ketones is 2. The lowest BCUT2D eigenvalue weighted by molar-refractivity contribution is -0.126. The van der Waals surface area contributed by atoms with Crippen molar-refractivity contribution in [2.75, 3.05) is 6.61 Å². The molecule has 3 rings (SSSR count). The van der Waals surface area contributed by atoms with Crippen LogP contribution in [0.5, 0.6) is 0 Å². The fraction of sp³-hybridized carbons (Fsp3) is 0.333. The van der Waals surface area contributed by atoms with Crippen LogP contribution < -0.4 is 5.73 Å². The van der Waals surface area contributed by atoms with Crippen molar-refractivity contribution < 1.29 is 14.7 Å². The van der Waals surface area contributed by atoms with Crippen molar-refractivity contribution in [1.29, 1.82) is 0 Å². The van der Waals surface area contributed by atoms with Gasteiger partial charge in [0.15, 0.2) is 11.6 Å². The zero-order valence-corrected chi connectivity index (χ0v) is 16.0. The third kappa shape index (κ3) is 4.95. The van der Waals surface area contributed by atoms with E-state index in [0.717, 1.165) is 12.0 Å². The van der Waals surface area contributed by atoms with E-state index in [1.807, 2.05) is 18.2 Å². The first-order chi connectivity index (χ1) is 13.5. The Balaban J connectivity index is 1.60. The van der Waals surface area contributed by atoms with Gasteiger partial charge < -0.3 is 10.8 Å².